The number of sulfonamides is 1. The van der Waals surface area contributed by atoms with E-state index < -0.39 is 16.0 Å². The number of benzene rings is 2. The van der Waals surface area contributed by atoms with E-state index in [0.29, 0.717) is 12.1 Å². The second-order valence-electron chi connectivity index (χ2n) is 6.40. The van der Waals surface area contributed by atoms with Crippen molar-refractivity contribution in [2.75, 3.05) is 23.7 Å². The van der Waals surface area contributed by atoms with Gasteiger partial charge < -0.3 is 10.0 Å². The van der Waals surface area contributed by atoms with Gasteiger partial charge in [0, 0.05) is 25.5 Å². The van der Waals surface area contributed by atoms with Crippen LogP contribution in [0.3, 0.4) is 0 Å². The molecule has 6 nitrogen and oxygen atoms in total. The van der Waals surface area contributed by atoms with Crippen molar-refractivity contribution in [3.8, 4) is 0 Å². The van der Waals surface area contributed by atoms with E-state index in [4.69, 9.17) is 5.11 Å². The molecule has 2 aromatic carbocycles. The van der Waals surface area contributed by atoms with E-state index in [2.05, 4.69) is 4.72 Å². The Kier molecular flexibility index (Phi) is 4.43. The Morgan fingerprint density at radius 3 is 2.16 bits per heavy atom. The molecule has 0 saturated heterocycles. The standard InChI is InChI=1S/C18H20N2O4S/c1-20(2)14-7-9-15(10-8-14)25(23,24)19-13-5-3-12(4-6-13)16-11-17(16)18(21)22/h3-10,16-17,19H,11H2,1-2H3,(H,21,22)/t16-,17+/m0/s1. The van der Waals surface area contributed by atoms with Gasteiger partial charge in [0.15, 0.2) is 0 Å². The highest BCUT2D eigenvalue weighted by atomic mass is 32.2. The number of carbonyl (C=O) groups is 1. The first kappa shape index (κ1) is 17.3. The maximum Gasteiger partial charge on any atom is 0.307 e. The van der Waals surface area contributed by atoms with Gasteiger partial charge in [0.1, 0.15) is 0 Å². The van der Waals surface area contributed by atoms with Gasteiger partial charge in [-0.25, -0.2) is 8.42 Å². The molecule has 0 spiro atoms. The quantitative estimate of drug-likeness (QED) is 0.827. The van der Waals surface area contributed by atoms with Crippen molar-refractivity contribution in [3.63, 3.8) is 0 Å². The number of nitrogens with one attached hydrogen (secondary N) is 1. The average molecular weight is 360 g/mol. The zero-order valence-corrected chi connectivity index (χ0v) is 14.8. The lowest BCUT2D eigenvalue weighted by Gasteiger charge is -2.13. The number of hydrogen-bond acceptors (Lipinski definition) is 4. The Morgan fingerprint density at radius 2 is 1.68 bits per heavy atom. The van der Waals surface area contributed by atoms with Gasteiger partial charge in [0.05, 0.1) is 10.8 Å². The monoisotopic (exact) mass is 360 g/mol. The first-order chi connectivity index (χ1) is 11.8. The van der Waals surface area contributed by atoms with Crippen molar-refractivity contribution in [2.24, 2.45) is 5.92 Å². The van der Waals surface area contributed by atoms with E-state index in [1.54, 1.807) is 48.5 Å². The molecule has 1 fully saturated rings. The fraction of sp³-hybridized carbons (Fsp3) is 0.278. The number of nitrogens with zero attached hydrogens (tertiary/aromatic N) is 1. The van der Waals surface area contributed by atoms with Gasteiger partial charge in [-0.2, -0.15) is 0 Å². The summed E-state index contributed by atoms with van der Waals surface area (Å²) in [6, 6.07) is 13.5. The summed E-state index contributed by atoms with van der Waals surface area (Å²) in [5, 5.41) is 8.98. The van der Waals surface area contributed by atoms with Crippen LogP contribution in [0, 0.1) is 5.92 Å². The number of rotatable bonds is 6. The third kappa shape index (κ3) is 3.76. The SMILES string of the molecule is CN(C)c1ccc(S(=O)(=O)Nc2ccc([C@@H]3C[C@H]3C(=O)O)cc2)cc1. The first-order valence-corrected chi connectivity index (χ1v) is 9.39. The van der Waals surface area contributed by atoms with Crippen LogP contribution in [0.2, 0.25) is 0 Å². The van der Waals surface area contributed by atoms with Crippen molar-refractivity contribution in [1.29, 1.82) is 0 Å². The van der Waals surface area contributed by atoms with Crippen LogP contribution in [0.5, 0.6) is 0 Å². The lowest BCUT2D eigenvalue weighted by Crippen LogP contribution is -2.14. The average Bonchev–Trinajstić information content (AvgIpc) is 3.36. The molecule has 1 aliphatic carbocycles. The molecule has 0 radical (unpaired) electrons. The predicted molar refractivity (Wildman–Crippen MR) is 96.5 cm³/mol. The summed E-state index contributed by atoms with van der Waals surface area (Å²) >= 11 is 0. The van der Waals surface area contributed by atoms with Crippen molar-refractivity contribution in [3.05, 3.63) is 54.1 Å². The molecular weight excluding hydrogens is 340 g/mol. The Morgan fingerprint density at radius 1 is 1.08 bits per heavy atom. The molecule has 2 N–H and O–H groups in total. The first-order valence-electron chi connectivity index (χ1n) is 7.91. The Balaban J connectivity index is 1.71. The highest BCUT2D eigenvalue weighted by molar-refractivity contribution is 7.92. The molecule has 0 aliphatic heterocycles. The van der Waals surface area contributed by atoms with Crippen LogP contribution in [0.1, 0.15) is 17.9 Å². The van der Waals surface area contributed by atoms with Crippen LogP contribution in [0.4, 0.5) is 11.4 Å². The van der Waals surface area contributed by atoms with Gasteiger partial charge in [-0.05, 0) is 54.3 Å². The highest BCUT2D eigenvalue weighted by Crippen LogP contribution is 2.47. The van der Waals surface area contributed by atoms with E-state index in [9.17, 15) is 13.2 Å². The maximum atomic E-state index is 12.5. The Bertz CT molecular complexity index is 874. The van der Waals surface area contributed by atoms with Crippen LogP contribution in [0.25, 0.3) is 0 Å². The summed E-state index contributed by atoms with van der Waals surface area (Å²) in [6.07, 6.45) is 0.638. The zero-order chi connectivity index (χ0) is 18.2. The summed E-state index contributed by atoms with van der Waals surface area (Å²) in [5.74, 6) is -1.07. The molecule has 0 bridgehead atoms. The molecule has 0 amide bonds. The zero-order valence-electron chi connectivity index (χ0n) is 14.0. The normalized spacial score (nSPS) is 19.3. The van der Waals surface area contributed by atoms with Crippen molar-refractivity contribution in [1.82, 2.24) is 0 Å². The van der Waals surface area contributed by atoms with E-state index in [0.717, 1.165) is 11.3 Å². The smallest absolute Gasteiger partial charge is 0.307 e. The highest BCUT2D eigenvalue weighted by Gasteiger charge is 2.44. The number of hydrogen-bond donors (Lipinski definition) is 2. The molecule has 25 heavy (non-hydrogen) atoms. The largest absolute Gasteiger partial charge is 0.481 e. The van der Waals surface area contributed by atoms with E-state index in [1.165, 1.54) is 0 Å². The van der Waals surface area contributed by atoms with Crippen LogP contribution >= 0.6 is 0 Å². The van der Waals surface area contributed by atoms with E-state index in [-0.39, 0.29) is 16.7 Å². The van der Waals surface area contributed by atoms with Gasteiger partial charge in [-0.3, -0.25) is 9.52 Å². The molecule has 1 aliphatic rings. The van der Waals surface area contributed by atoms with Gasteiger partial charge in [-0.1, -0.05) is 12.1 Å². The van der Waals surface area contributed by atoms with Crippen molar-refractivity contribution < 1.29 is 18.3 Å². The number of carboxylic acid groups (broad SMARTS) is 1. The number of anilines is 2. The van der Waals surface area contributed by atoms with Gasteiger partial charge in [0.25, 0.3) is 10.0 Å². The minimum absolute atomic E-state index is 0.0294. The minimum atomic E-state index is -3.66. The summed E-state index contributed by atoms with van der Waals surface area (Å²) in [4.78, 5) is 13.0. The second kappa shape index (κ2) is 6.40. The van der Waals surface area contributed by atoms with Crippen LogP contribution < -0.4 is 9.62 Å². The summed E-state index contributed by atoms with van der Waals surface area (Å²) in [5.41, 5.74) is 2.29. The van der Waals surface area contributed by atoms with Gasteiger partial charge in [-0.15, -0.1) is 0 Å². The number of carboxylic acids is 1. The second-order valence-corrected chi connectivity index (χ2v) is 8.09. The molecular formula is C18H20N2O4S. The van der Waals surface area contributed by atoms with Crippen molar-refractivity contribution in [2.45, 2.75) is 17.2 Å². The van der Waals surface area contributed by atoms with Gasteiger partial charge >= 0.3 is 5.97 Å². The maximum absolute atomic E-state index is 12.5. The fourth-order valence-corrected chi connectivity index (χ4v) is 3.83. The molecule has 3 rings (SSSR count). The molecule has 7 heteroatoms. The molecule has 0 unspecified atom stereocenters. The molecule has 0 heterocycles. The fourth-order valence-electron chi connectivity index (χ4n) is 2.77. The third-order valence-electron chi connectivity index (χ3n) is 4.36. The third-order valence-corrected chi connectivity index (χ3v) is 5.76. The topological polar surface area (TPSA) is 86.7 Å². The molecule has 132 valence electrons. The number of aliphatic carboxylic acids is 1. The molecule has 0 aromatic heterocycles. The summed E-state index contributed by atoms with van der Waals surface area (Å²) in [6.45, 7) is 0. The molecule has 1 saturated carbocycles. The molecule has 2 atom stereocenters. The lowest BCUT2D eigenvalue weighted by atomic mass is 10.1. The van der Waals surface area contributed by atoms with Crippen LogP contribution in [-0.2, 0) is 14.8 Å². The Labute approximate surface area is 147 Å². The summed E-state index contributed by atoms with van der Waals surface area (Å²) < 4.78 is 27.5. The van der Waals surface area contributed by atoms with Crippen molar-refractivity contribution >= 4 is 27.4 Å². The van der Waals surface area contributed by atoms with E-state index >= 15 is 0 Å². The van der Waals surface area contributed by atoms with E-state index in [1.807, 2.05) is 19.0 Å². The van der Waals surface area contributed by atoms with Crippen LogP contribution in [0.15, 0.2) is 53.4 Å². The summed E-state index contributed by atoms with van der Waals surface area (Å²) in [7, 11) is 0.114. The van der Waals surface area contributed by atoms with Crippen LogP contribution in [-0.4, -0.2) is 33.6 Å². The predicted octanol–water partition coefficient (Wildman–Crippen LogP) is 2.74. The Hall–Kier alpha value is -2.54. The molecule has 2 aromatic rings. The minimum Gasteiger partial charge on any atom is -0.481 e. The lowest BCUT2D eigenvalue weighted by molar-refractivity contribution is -0.138. The van der Waals surface area contributed by atoms with Gasteiger partial charge in [0.2, 0.25) is 0 Å².